The van der Waals surface area contributed by atoms with Crippen molar-refractivity contribution in [3.63, 3.8) is 0 Å². The summed E-state index contributed by atoms with van der Waals surface area (Å²) in [4.78, 5) is 0. The zero-order valence-electron chi connectivity index (χ0n) is 9.41. The Kier molecular flexibility index (Phi) is 2.14. The minimum absolute atomic E-state index is 0.404. The van der Waals surface area contributed by atoms with Crippen molar-refractivity contribution in [2.75, 3.05) is 0 Å². The summed E-state index contributed by atoms with van der Waals surface area (Å²) in [6.45, 7) is 14.0. The van der Waals surface area contributed by atoms with E-state index in [1.807, 2.05) is 0 Å². The third-order valence-corrected chi connectivity index (χ3v) is 2.80. The summed E-state index contributed by atoms with van der Waals surface area (Å²) in [6.07, 6.45) is 2.66. The van der Waals surface area contributed by atoms with Gasteiger partial charge in [-0.15, -0.1) is 0 Å². The largest absolute Gasteiger partial charge is 0.0648 e. The number of allylic oxidation sites excluding steroid dienone is 2. The third-order valence-electron chi connectivity index (χ3n) is 2.80. The first-order valence-corrected chi connectivity index (χ1v) is 4.96. The van der Waals surface area contributed by atoms with Crippen LogP contribution in [0.2, 0.25) is 0 Å². The van der Waals surface area contributed by atoms with E-state index in [4.69, 9.17) is 0 Å². The Balaban J connectivity index is 2.94. The van der Waals surface area contributed by atoms with Crippen LogP contribution in [0.4, 0.5) is 0 Å². The molecule has 0 unspecified atom stereocenters. The molecule has 0 atom stereocenters. The molecule has 0 aromatic rings. The normalized spacial score (nSPS) is 19.5. The molecule has 0 heterocycles. The van der Waals surface area contributed by atoms with Crippen molar-refractivity contribution in [1.29, 1.82) is 0 Å². The van der Waals surface area contributed by atoms with E-state index in [0.717, 1.165) is 0 Å². The monoisotopic (exact) mass is 166 g/mol. The van der Waals surface area contributed by atoms with E-state index < -0.39 is 0 Å². The zero-order chi connectivity index (χ0) is 9.57. The lowest BCUT2D eigenvalue weighted by molar-refractivity contribution is 0.377. The van der Waals surface area contributed by atoms with Gasteiger partial charge in [0, 0.05) is 0 Å². The standard InChI is InChI=1S/C12H22/c1-11(2,3)9-7-8-10(9)12(4,5)6/h7-8H2,1-6H3. The molecule has 0 amide bonds. The predicted molar refractivity (Wildman–Crippen MR) is 55.2 cm³/mol. The molecule has 1 rings (SSSR count). The van der Waals surface area contributed by atoms with E-state index in [-0.39, 0.29) is 0 Å². The van der Waals surface area contributed by atoms with E-state index in [0.29, 0.717) is 10.8 Å². The van der Waals surface area contributed by atoms with Crippen LogP contribution in [0.25, 0.3) is 0 Å². The second-order valence-corrected chi connectivity index (χ2v) is 5.96. The van der Waals surface area contributed by atoms with Gasteiger partial charge in [-0.2, -0.15) is 0 Å². The van der Waals surface area contributed by atoms with Crippen LogP contribution in [-0.2, 0) is 0 Å². The van der Waals surface area contributed by atoms with Gasteiger partial charge in [0.2, 0.25) is 0 Å². The Bertz CT molecular complexity index is 181. The SMILES string of the molecule is CC(C)(C)C1=C(C(C)(C)C)CC1. The second kappa shape index (κ2) is 2.61. The molecule has 0 bridgehead atoms. The zero-order valence-corrected chi connectivity index (χ0v) is 9.41. The summed E-state index contributed by atoms with van der Waals surface area (Å²) in [7, 11) is 0. The minimum Gasteiger partial charge on any atom is -0.0648 e. The molecule has 12 heavy (non-hydrogen) atoms. The molecule has 1 aliphatic carbocycles. The van der Waals surface area contributed by atoms with Gasteiger partial charge in [-0.05, 0) is 23.7 Å². The Labute approximate surface area is 77.1 Å². The first-order valence-electron chi connectivity index (χ1n) is 4.96. The van der Waals surface area contributed by atoms with Gasteiger partial charge in [0.15, 0.2) is 0 Å². The van der Waals surface area contributed by atoms with Gasteiger partial charge < -0.3 is 0 Å². The summed E-state index contributed by atoms with van der Waals surface area (Å²) >= 11 is 0. The summed E-state index contributed by atoms with van der Waals surface area (Å²) in [5.74, 6) is 0. The molecule has 0 radical (unpaired) electrons. The Morgan fingerprint density at radius 1 is 0.667 bits per heavy atom. The maximum Gasteiger partial charge on any atom is -0.0170 e. The van der Waals surface area contributed by atoms with Crippen LogP contribution in [0.15, 0.2) is 11.1 Å². The van der Waals surface area contributed by atoms with Gasteiger partial charge >= 0.3 is 0 Å². The lowest BCUT2D eigenvalue weighted by Gasteiger charge is -2.40. The van der Waals surface area contributed by atoms with Crippen LogP contribution in [0, 0.1) is 10.8 Å². The number of hydrogen-bond acceptors (Lipinski definition) is 0. The molecule has 0 aromatic heterocycles. The van der Waals surface area contributed by atoms with Crippen molar-refractivity contribution in [3.8, 4) is 0 Å². The first-order chi connectivity index (χ1) is 5.23. The lowest BCUT2D eigenvalue weighted by Crippen LogP contribution is -2.26. The molecule has 0 saturated heterocycles. The van der Waals surface area contributed by atoms with E-state index in [9.17, 15) is 0 Å². The first kappa shape index (κ1) is 9.83. The molecular weight excluding hydrogens is 144 g/mol. The summed E-state index contributed by atoms with van der Waals surface area (Å²) in [6, 6.07) is 0. The smallest absolute Gasteiger partial charge is 0.0170 e. The predicted octanol–water partition coefficient (Wildman–Crippen LogP) is 4.17. The Hall–Kier alpha value is -0.260. The molecule has 0 fully saturated rings. The quantitative estimate of drug-likeness (QED) is 0.474. The van der Waals surface area contributed by atoms with Crippen molar-refractivity contribution in [2.45, 2.75) is 54.4 Å². The van der Waals surface area contributed by atoms with E-state index in [1.165, 1.54) is 12.8 Å². The minimum atomic E-state index is 0.404. The van der Waals surface area contributed by atoms with Crippen LogP contribution in [-0.4, -0.2) is 0 Å². The third kappa shape index (κ3) is 1.73. The summed E-state index contributed by atoms with van der Waals surface area (Å²) in [5.41, 5.74) is 4.21. The van der Waals surface area contributed by atoms with Crippen LogP contribution in [0.3, 0.4) is 0 Å². The number of rotatable bonds is 0. The fourth-order valence-electron chi connectivity index (χ4n) is 2.03. The van der Waals surface area contributed by atoms with Crippen LogP contribution in [0.5, 0.6) is 0 Å². The highest BCUT2D eigenvalue weighted by molar-refractivity contribution is 5.32. The highest BCUT2D eigenvalue weighted by atomic mass is 14.4. The number of hydrogen-bond donors (Lipinski definition) is 0. The molecule has 0 nitrogen and oxygen atoms in total. The molecule has 0 spiro atoms. The molecule has 70 valence electrons. The van der Waals surface area contributed by atoms with E-state index >= 15 is 0 Å². The lowest BCUT2D eigenvalue weighted by atomic mass is 9.65. The average molecular weight is 166 g/mol. The van der Waals surface area contributed by atoms with E-state index in [1.54, 1.807) is 11.1 Å². The maximum absolute atomic E-state index is 2.33. The Morgan fingerprint density at radius 2 is 0.917 bits per heavy atom. The molecular formula is C12H22. The molecule has 1 aliphatic rings. The van der Waals surface area contributed by atoms with Crippen LogP contribution < -0.4 is 0 Å². The highest BCUT2D eigenvalue weighted by Gasteiger charge is 2.33. The fraction of sp³-hybridized carbons (Fsp3) is 0.833. The topological polar surface area (TPSA) is 0 Å². The van der Waals surface area contributed by atoms with Gasteiger partial charge in [-0.3, -0.25) is 0 Å². The second-order valence-electron chi connectivity index (χ2n) is 5.96. The van der Waals surface area contributed by atoms with Crippen molar-refractivity contribution < 1.29 is 0 Å². The van der Waals surface area contributed by atoms with Crippen molar-refractivity contribution in [1.82, 2.24) is 0 Å². The van der Waals surface area contributed by atoms with E-state index in [2.05, 4.69) is 41.5 Å². The van der Waals surface area contributed by atoms with Crippen molar-refractivity contribution in [3.05, 3.63) is 11.1 Å². The van der Waals surface area contributed by atoms with Gasteiger partial charge in [-0.1, -0.05) is 52.7 Å². The molecule has 0 aromatic carbocycles. The Morgan fingerprint density at radius 3 is 1.00 bits per heavy atom. The molecule has 0 heteroatoms. The molecule has 0 N–H and O–H groups in total. The average Bonchev–Trinajstić information content (AvgIpc) is 1.46. The fourth-order valence-corrected chi connectivity index (χ4v) is 2.03. The van der Waals surface area contributed by atoms with Crippen LogP contribution >= 0.6 is 0 Å². The van der Waals surface area contributed by atoms with Crippen LogP contribution in [0.1, 0.15) is 54.4 Å². The van der Waals surface area contributed by atoms with Gasteiger partial charge in [-0.25, -0.2) is 0 Å². The highest BCUT2D eigenvalue weighted by Crippen LogP contribution is 2.47. The summed E-state index contributed by atoms with van der Waals surface area (Å²) in [5, 5.41) is 0. The molecule has 0 aliphatic heterocycles. The van der Waals surface area contributed by atoms with Crippen molar-refractivity contribution >= 4 is 0 Å². The maximum atomic E-state index is 2.33. The van der Waals surface area contributed by atoms with Gasteiger partial charge in [0.1, 0.15) is 0 Å². The molecule has 0 saturated carbocycles. The van der Waals surface area contributed by atoms with Gasteiger partial charge in [0.05, 0.1) is 0 Å². The van der Waals surface area contributed by atoms with Crippen molar-refractivity contribution in [2.24, 2.45) is 10.8 Å². The summed E-state index contributed by atoms with van der Waals surface area (Å²) < 4.78 is 0. The van der Waals surface area contributed by atoms with Gasteiger partial charge in [0.25, 0.3) is 0 Å².